The molecule has 0 amide bonds. The molecule has 0 aliphatic heterocycles. The quantitative estimate of drug-likeness (QED) is 0.810. The van der Waals surface area contributed by atoms with Crippen LogP contribution in [0.3, 0.4) is 0 Å². The summed E-state index contributed by atoms with van der Waals surface area (Å²) in [7, 11) is 1.48. The first-order valence-electron chi connectivity index (χ1n) is 4.39. The minimum absolute atomic E-state index is 0.00338. The molecule has 15 heavy (non-hydrogen) atoms. The highest BCUT2D eigenvalue weighted by Crippen LogP contribution is 2.35. The van der Waals surface area contributed by atoms with Gasteiger partial charge in [-0.25, -0.2) is 0 Å². The molecule has 1 aromatic carbocycles. The number of hydrogen-bond acceptors (Lipinski definition) is 5. The molecule has 0 saturated carbocycles. The van der Waals surface area contributed by atoms with Crippen molar-refractivity contribution in [3.63, 3.8) is 0 Å². The molecule has 5 heteroatoms. The Bertz CT molecular complexity index is 479. The Kier molecular flexibility index (Phi) is 2.29. The fourth-order valence-electron chi connectivity index (χ4n) is 1.27. The number of phenols is 1. The molecule has 1 heterocycles. The van der Waals surface area contributed by atoms with Crippen LogP contribution in [0.2, 0.25) is 0 Å². The second kappa shape index (κ2) is 3.61. The van der Waals surface area contributed by atoms with Crippen molar-refractivity contribution in [2.75, 3.05) is 7.11 Å². The number of nitrogens with zero attached hydrogens (tertiary/aromatic N) is 2. The lowest BCUT2D eigenvalue weighted by atomic mass is 10.2. The van der Waals surface area contributed by atoms with Gasteiger partial charge < -0.3 is 14.4 Å². The van der Waals surface area contributed by atoms with Crippen molar-refractivity contribution in [1.82, 2.24) is 10.1 Å². The Balaban J connectivity index is 2.53. The summed E-state index contributed by atoms with van der Waals surface area (Å²) in [4.78, 5) is 4.02. The molecule has 78 valence electrons. The van der Waals surface area contributed by atoms with Gasteiger partial charge in [-0.2, -0.15) is 4.98 Å². The van der Waals surface area contributed by atoms with Gasteiger partial charge in [0.2, 0.25) is 0 Å². The van der Waals surface area contributed by atoms with E-state index in [1.807, 2.05) is 0 Å². The number of para-hydroxylation sites is 1. The summed E-state index contributed by atoms with van der Waals surface area (Å²) in [6.45, 7) is 1.71. The van der Waals surface area contributed by atoms with E-state index >= 15 is 0 Å². The maximum Gasteiger partial charge on any atom is 0.261 e. The van der Waals surface area contributed by atoms with Crippen molar-refractivity contribution in [2.24, 2.45) is 0 Å². The van der Waals surface area contributed by atoms with Crippen LogP contribution in [0, 0.1) is 6.92 Å². The van der Waals surface area contributed by atoms with E-state index in [0.717, 1.165) is 0 Å². The highest BCUT2D eigenvalue weighted by Gasteiger charge is 2.14. The molecule has 0 aliphatic carbocycles. The molecule has 0 saturated heterocycles. The molecule has 2 rings (SSSR count). The fraction of sp³-hybridized carbons (Fsp3) is 0.200. The predicted octanol–water partition coefficient (Wildman–Crippen LogP) is 1.76. The Hall–Kier alpha value is -2.04. The minimum Gasteiger partial charge on any atom is -0.504 e. The van der Waals surface area contributed by atoms with Crippen LogP contribution in [-0.4, -0.2) is 22.4 Å². The number of aromatic nitrogens is 2. The normalized spacial score (nSPS) is 10.3. The third kappa shape index (κ3) is 1.63. The number of rotatable bonds is 2. The average molecular weight is 206 g/mol. The summed E-state index contributed by atoms with van der Waals surface area (Å²) in [5.41, 5.74) is 0.468. The number of aromatic hydroxyl groups is 1. The molecule has 1 N–H and O–H groups in total. The molecular weight excluding hydrogens is 196 g/mol. The van der Waals surface area contributed by atoms with Crippen LogP contribution >= 0.6 is 0 Å². The summed E-state index contributed by atoms with van der Waals surface area (Å²) < 4.78 is 9.93. The van der Waals surface area contributed by atoms with E-state index in [1.54, 1.807) is 25.1 Å². The van der Waals surface area contributed by atoms with Gasteiger partial charge in [0.05, 0.1) is 12.7 Å². The van der Waals surface area contributed by atoms with Crippen molar-refractivity contribution in [3.05, 3.63) is 24.0 Å². The maximum atomic E-state index is 9.80. The molecule has 0 unspecified atom stereocenters. The Morgan fingerprint density at radius 2 is 2.20 bits per heavy atom. The molecule has 0 spiro atoms. The van der Waals surface area contributed by atoms with Gasteiger partial charge in [-0.1, -0.05) is 11.2 Å². The first-order valence-corrected chi connectivity index (χ1v) is 4.39. The standard InChI is InChI=1S/C10H10N2O3/c1-6-11-10(15-12-6)7-4-3-5-8(14-2)9(7)13/h3-5,13H,1-2H3. The average Bonchev–Trinajstić information content (AvgIpc) is 2.65. The van der Waals surface area contributed by atoms with Crippen LogP contribution < -0.4 is 4.74 Å². The molecule has 0 atom stereocenters. The summed E-state index contributed by atoms with van der Waals surface area (Å²) in [5.74, 6) is 1.18. The summed E-state index contributed by atoms with van der Waals surface area (Å²) >= 11 is 0. The van der Waals surface area contributed by atoms with Crippen molar-refractivity contribution in [1.29, 1.82) is 0 Å². The molecule has 0 bridgehead atoms. The Labute approximate surface area is 86.3 Å². The highest BCUT2D eigenvalue weighted by atomic mass is 16.5. The van der Waals surface area contributed by atoms with E-state index in [2.05, 4.69) is 10.1 Å². The lowest BCUT2D eigenvalue weighted by molar-refractivity contribution is 0.371. The molecule has 2 aromatic rings. The Morgan fingerprint density at radius 1 is 1.40 bits per heavy atom. The Morgan fingerprint density at radius 3 is 2.80 bits per heavy atom. The summed E-state index contributed by atoms with van der Waals surface area (Å²) in [5, 5.41) is 13.5. The van der Waals surface area contributed by atoms with E-state index < -0.39 is 0 Å². The second-order valence-corrected chi connectivity index (χ2v) is 3.00. The fourth-order valence-corrected chi connectivity index (χ4v) is 1.27. The minimum atomic E-state index is 0.00338. The monoisotopic (exact) mass is 206 g/mol. The lowest BCUT2D eigenvalue weighted by Crippen LogP contribution is -1.86. The molecule has 0 fully saturated rings. The largest absolute Gasteiger partial charge is 0.504 e. The van der Waals surface area contributed by atoms with E-state index in [9.17, 15) is 5.11 Å². The van der Waals surface area contributed by atoms with Crippen molar-refractivity contribution in [3.8, 4) is 23.0 Å². The van der Waals surface area contributed by atoms with Crippen molar-refractivity contribution < 1.29 is 14.4 Å². The van der Waals surface area contributed by atoms with Crippen molar-refractivity contribution >= 4 is 0 Å². The zero-order chi connectivity index (χ0) is 10.8. The molecular formula is C10H10N2O3. The van der Waals surface area contributed by atoms with E-state index in [0.29, 0.717) is 17.1 Å². The van der Waals surface area contributed by atoms with Gasteiger partial charge in [0.25, 0.3) is 5.89 Å². The van der Waals surface area contributed by atoms with E-state index in [-0.39, 0.29) is 11.6 Å². The number of ether oxygens (including phenoxy) is 1. The number of phenolic OH excluding ortho intramolecular Hbond substituents is 1. The molecule has 0 aliphatic rings. The van der Waals surface area contributed by atoms with Crippen LogP contribution in [0.5, 0.6) is 11.5 Å². The van der Waals surface area contributed by atoms with Gasteiger partial charge >= 0.3 is 0 Å². The summed E-state index contributed by atoms with van der Waals surface area (Å²) in [6, 6.07) is 5.08. The second-order valence-electron chi connectivity index (χ2n) is 3.00. The van der Waals surface area contributed by atoms with Crippen molar-refractivity contribution in [2.45, 2.75) is 6.92 Å². The van der Waals surface area contributed by atoms with Gasteiger partial charge in [-0.05, 0) is 19.1 Å². The summed E-state index contributed by atoms with van der Waals surface area (Å²) in [6.07, 6.45) is 0. The predicted molar refractivity (Wildman–Crippen MR) is 52.7 cm³/mol. The topological polar surface area (TPSA) is 68.4 Å². The lowest BCUT2D eigenvalue weighted by Gasteiger charge is -2.04. The van der Waals surface area contributed by atoms with Gasteiger partial charge in [-0.15, -0.1) is 0 Å². The van der Waals surface area contributed by atoms with Crippen LogP contribution in [-0.2, 0) is 0 Å². The zero-order valence-corrected chi connectivity index (χ0v) is 8.39. The number of methoxy groups -OCH3 is 1. The maximum absolute atomic E-state index is 9.80. The van der Waals surface area contributed by atoms with Gasteiger partial charge in [0.15, 0.2) is 17.3 Å². The zero-order valence-electron chi connectivity index (χ0n) is 8.39. The molecule has 5 nitrogen and oxygen atoms in total. The molecule has 0 radical (unpaired) electrons. The van der Waals surface area contributed by atoms with Gasteiger partial charge in [-0.3, -0.25) is 0 Å². The van der Waals surface area contributed by atoms with Crippen LogP contribution in [0.4, 0.5) is 0 Å². The van der Waals surface area contributed by atoms with Gasteiger partial charge in [0, 0.05) is 0 Å². The smallest absolute Gasteiger partial charge is 0.261 e. The van der Waals surface area contributed by atoms with Crippen LogP contribution in [0.15, 0.2) is 22.7 Å². The highest BCUT2D eigenvalue weighted by molar-refractivity contribution is 5.66. The van der Waals surface area contributed by atoms with Crippen LogP contribution in [0.25, 0.3) is 11.5 Å². The first-order chi connectivity index (χ1) is 7.22. The van der Waals surface area contributed by atoms with E-state index in [1.165, 1.54) is 7.11 Å². The SMILES string of the molecule is COc1cccc(-c2nc(C)no2)c1O. The third-order valence-electron chi connectivity index (χ3n) is 1.98. The number of hydrogen-bond donors (Lipinski definition) is 1. The third-order valence-corrected chi connectivity index (χ3v) is 1.98. The number of aryl methyl sites for hydroxylation is 1. The van der Waals surface area contributed by atoms with Gasteiger partial charge in [0.1, 0.15) is 0 Å². The number of benzene rings is 1. The molecule has 1 aromatic heterocycles. The van der Waals surface area contributed by atoms with E-state index in [4.69, 9.17) is 9.26 Å². The van der Waals surface area contributed by atoms with Crippen LogP contribution in [0.1, 0.15) is 5.82 Å². The first kappa shape index (κ1) is 9.51.